The fraction of sp³-hybridized carbons (Fsp3) is 1.00. The van der Waals surface area contributed by atoms with Crippen LogP contribution in [0.2, 0.25) is 0 Å². The van der Waals surface area contributed by atoms with E-state index in [1.165, 1.54) is 0 Å². The van der Waals surface area contributed by atoms with E-state index in [2.05, 4.69) is 0 Å². The molecule has 1 unspecified atom stereocenters. The zero-order chi connectivity index (χ0) is 5.11. The van der Waals surface area contributed by atoms with Crippen molar-refractivity contribution in [2.45, 2.75) is 18.7 Å². The van der Waals surface area contributed by atoms with Gasteiger partial charge in [0.05, 0.1) is 0 Å². The number of rotatable bonds is 1. The quantitative estimate of drug-likeness (QED) is 0.486. The van der Waals surface area contributed by atoms with Gasteiger partial charge in [0.15, 0.2) is 8.46 Å². The molecule has 0 aromatic carbocycles. The Balaban J connectivity index is 2.26. The number of ether oxygens (including phenoxy) is 1. The summed E-state index contributed by atoms with van der Waals surface area (Å²) in [5, 5.41) is 0. The Morgan fingerprint density at radius 3 is 2.86 bits per heavy atom. The Labute approximate surface area is 44.1 Å². The zero-order valence-electron chi connectivity index (χ0n) is 3.96. The first-order chi connectivity index (χ1) is 3.43. The van der Waals surface area contributed by atoms with Crippen molar-refractivity contribution in [2.24, 2.45) is 0 Å². The third-order valence-electron chi connectivity index (χ3n) is 1.02. The van der Waals surface area contributed by atoms with E-state index < -0.39 is 0 Å². The number of hydrogen-bond acceptors (Lipinski definition) is 2. The maximum absolute atomic E-state index is 9.98. The first kappa shape index (κ1) is 5.20. The lowest BCUT2D eigenvalue weighted by molar-refractivity contribution is 0.169. The van der Waals surface area contributed by atoms with Gasteiger partial charge >= 0.3 is 0 Å². The third-order valence-corrected chi connectivity index (χ3v) is 1.67. The summed E-state index contributed by atoms with van der Waals surface area (Å²) in [6.45, 7) is 0.792. The van der Waals surface area contributed by atoms with Gasteiger partial charge in [-0.25, -0.2) is 0 Å². The summed E-state index contributed by atoms with van der Waals surface area (Å²) in [5.41, 5.74) is 0. The molecule has 0 saturated carbocycles. The van der Waals surface area contributed by atoms with Crippen LogP contribution < -0.4 is 0 Å². The van der Waals surface area contributed by atoms with Crippen LogP contribution in [-0.4, -0.2) is 12.5 Å². The molecule has 1 rings (SSSR count). The largest absolute Gasteiger partial charge is 0.366 e. The Morgan fingerprint density at radius 2 is 2.57 bits per heavy atom. The second-order valence-electron chi connectivity index (χ2n) is 1.57. The van der Waals surface area contributed by atoms with Crippen LogP contribution >= 0.6 is 8.46 Å². The molecule has 1 heterocycles. The average Bonchev–Trinajstić information content (AvgIpc) is 2.14. The Hall–Kier alpha value is 0.0600. The van der Waals surface area contributed by atoms with Gasteiger partial charge in [0.2, 0.25) is 0 Å². The highest BCUT2D eigenvalue weighted by molar-refractivity contribution is 7.24. The Bertz CT molecular complexity index is 68.1. The smallest absolute Gasteiger partial charge is 0.187 e. The van der Waals surface area contributed by atoms with Crippen molar-refractivity contribution >= 4 is 8.46 Å². The van der Waals surface area contributed by atoms with E-state index >= 15 is 0 Å². The SMILES string of the molecule is O=PC1CCCO1. The highest BCUT2D eigenvalue weighted by atomic mass is 31.1. The molecule has 1 atom stereocenters. The molecular weight excluding hydrogens is 111 g/mol. The van der Waals surface area contributed by atoms with Crippen molar-refractivity contribution in [2.75, 3.05) is 6.61 Å². The van der Waals surface area contributed by atoms with Crippen molar-refractivity contribution < 1.29 is 9.30 Å². The maximum Gasteiger partial charge on any atom is 0.187 e. The van der Waals surface area contributed by atoms with Crippen molar-refractivity contribution in [3.8, 4) is 0 Å². The van der Waals surface area contributed by atoms with Crippen LogP contribution in [0.5, 0.6) is 0 Å². The predicted octanol–water partition coefficient (Wildman–Crippen LogP) is 1.41. The van der Waals surface area contributed by atoms with Crippen LogP contribution in [0, 0.1) is 0 Å². The summed E-state index contributed by atoms with van der Waals surface area (Å²) in [4.78, 5) is 0. The average molecular weight is 118 g/mol. The molecule has 1 aliphatic heterocycles. The first-order valence-electron chi connectivity index (χ1n) is 2.37. The summed E-state index contributed by atoms with van der Waals surface area (Å²) in [5.74, 6) is 0.0139. The van der Waals surface area contributed by atoms with E-state index in [0.29, 0.717) is 0 Å². The van der Waals surface area contributed by atoms with E-state index in [0.717, 1.165) is 19.4 Å². The molecule has 0 bridgehead atoms. The third kappa shape index (κ3) is 1.22. The van der Waals surface area contributed by atoms with Crippen molar-refractivity contribution in [3.05, 3.63) is 0 Å². The molecule has 0 spiro atoms. The van der Waals surface area contributed by atoms with Gasteiger partial charge in [-0.05, 0) is 12.8 Å². The molecule has 1 saturated heterocycles. The lowest BCUT2D eigenvalue weighted by atomic mass is 10.4. The lowest BCUT2D eigenvalue weighted by Gasteiger charge is -1.91. The van der Waals surface area contributed by atoms with E-state index in [1.807, 2.05) is 0 Å². The molecule has 1 aliphatic rings. The fourth-order valence-electron chi connectivity index (χ4n) is 0.644. The van der Waals surface area contributed by atoms with Crippen LogP contribution in [0.15, 0.2) is 0 Å². The van der Waals surface area contributed by atoms with Gasteiger partial charge in [0.25, 0.3) is 0 Å². The zero-order valence-corrected chi connectivity index (χ0v) is 4.86. The molecular formula is C4H7O2P. The highest BCUT2D eigenvalue weighted by Gasteiger charge is 2.13. The minimum Gasteiger partial charge on any atom is -0.366 e. The normalized spacial score (nSPS) is 31.7. The first-order valence-corrected chi connectivity index (χ1v) is 3.25. The molecule has 0 N–H and O–H groups in total. The van der Waals surface area contributed by atoms with E-state index in [4.69, 9.17) is 4.74 Å². The molecule has 3 heteroatoms. The molecule has 40 valence electrons. The maximum atomic E-state index is 9.98. The summed E-state index contributed by atoms with van der Waals surface area (Å²) < 4.78 is 15.0. The Morgan fingerprint density at radius 1 is 1.71 bits per heavy atom. The van der Waals surface area contributed by atoms with Gasteiger partial charge in [-0.1, -0.05) is 0 Å². The van der Waals surface area contributed by atoms with Crippen LogP contribution in [-0.2, 0) is 9.30 Å². The molecule has 0 aromatic heterocycles. The van der Waals surface area contributed by atoms with Gasteiger partial charge in [0, 0.05) is 6.61 Å². The molecule has 0 amide bonds. The van der Waals surface area contributed by atoms with Crippen molar-refractivity contribution in [3.63, 3.8) is 0 Å². The molecule has 7 heavy (non-hydrogen) atoms. The minimum absolute atomic E-state index is 0.0139. The van der Waals surface area contributed by atoms with Crippen LogP contribution in [0.3, 0.4) is 0 Å². The summed E-state index contributed by atoms with van der Waals surface area (Å²) in [6, 6.07) is 0. The van der Waals surface area contributed by atoms with Gasteiger partial charge in [-0.15, -0.1) is 0 Å². The second kappa shape index (κ2) is 2.39. The molecule has 0 aliphatic carbocycles. The Kier molecular flexibility index (Phi) is 1.77. The predicted molar refractivity (Wildman–Crippen MR) is 26.6 cm³/mol. The minimum atomic E-state index is 0.0139. The fourth-order valence-corrected chi connectivity index (χ4v) is 1.10. The van der Waals surface area contributed by atoms with Crippen molar-refractivity contribution in [1.82, 2.24) is 0 Å². The molecule has 2 nitrogen and oxygen atoms in total. The van der Waals surface area contributed by atoms with E-state index in [1.54, 1.807) is 0 Å². The van der Waals surface area contributed by atoms with Gasteiger partial charge in [0.1, 0.15) is 5.85 Å². The van der Waals surface area contributed by atoms with Crippen molar-refractivity contribution in [1.29, 1.82) is 0 Å². The monoisotopic (exact) mass is 118 g/mol. The lowest BCUT2D eigenvalue weighted by Crippen LogP contribution is -1.90. The van der Waals surface area contributed by atoms with Crippen LogP contribution in [0.25, 0.3) is 0 Å². The van der Waals surface area contributed by atoms with Gasteiger partial charge in [-0.2, -0.15) is 0 Å². The number of hydrogen-bond donors (Lipinski definition) is 0. The molecule has 0 radical (unpaired) electrons. The van der Waals surface area contributed by atoms with Gasteiger partial charge in [-0.3, -0.25) is 4.57 Å². The standard InChI is InChI=1S/C4H7O2P/c5-7-4-2-1-3-6-4/h4H,1-3H2. The van der Waals surface area contributed by atoms with E-state index in [9.17, 15) is 4.57 Å². The van der Waals surface area contributed by atoms with E-state index in [-0.39, 0.29) is 14.3 Å². The second-order valence-corrected chi connectivity index (χ2v) is 2.36. The molecule has 1 fully saturated rings. The molecule has 0 aromatic rings. The summed E-state index contributed by atoms with van der Waals surface area (Å²) in [7, 11) is 0.150. The highest BCUT2D eigenvalue weighted by Crippen LogP contribution is 2.20. The van der Waals surface area contributed by atoms with Crippen LogP contribution in [0.1, 0.15) is 12.8 Å². The summed E-state index contributed by atoms with van der Waals surface area (Å²) >= 11 is 0. The topological polar surface area (TPSA) is 26.3 Å². The summed E-state index contributed by atoms with van der Waals surface area (Å²) in [6.07, 6.45) is 2.03. The van der Waals surface area contributed by atoms with Crippen LogP contribution in [0.4, 0.5) is 0 Å². The van der Waals surface area contributed by atoms with Gasteiger partial charge < -0.3 is 4.74 Å².